The highest BCUT2D eigenvalue weighted by atomic mass is 32.1. The number of aryl methyl sites for hydroxylation is 2. The highest BCUT2D eigenvalue weighted by Crippen LogP contribution is 2.10. The van der Waals surface area contributed by atoms with Crippen LogP contribution in [0.5, 0.6) is 5.75 Å². The van der Waals surface area contributed by atoms with E-state index in [1.54, 1.807) is 29.4 Å². The maximum atomic E-state index is 11.6. The number of hydrogen-bond acceptors (Lipinski definition) is 5. The Morgan fingerprint density at radius 2 is 2.37 bits per heavy atom. The standard InChI is InChI=1S/C12H13N3O3S/c1-8-5-9(16)10(6-15(8)2)18-7-11(17)14-12-13-3-4-19-12/h3-6H,7H2,1-2H3,(H,13,14,17). The molecule has 19 heavy (non-hydrogen) atoms. The fourth-order valence-electron chi connectivity index (χ4n) is 1.40. The molecule has 1 amide bonds. The molecule has 2 aromatic heterocycles. The average molecular weight is 279 g/mol. The molecule has 0 saturated heterocycles. The zero-order valence-electron chi connectivity index (χ0n) is 10.5. The van der Waals surface area contributed by atoms with E-state index in [1.165, 1.54) is 17.4 Å². The zero-order chi connectivity index (χ0) is 13.8. The summed E-state index contributed by atoms with van der Waals surface area (Å²) in [6.07, 6.45) is 3.16. The number of carbonyl (C=O) groups excluding carboxylic acids is 1. The number of carbonyl (C=O) groups is 1. The monoisotopic (exact) mass is 279 g/mol. The molecule has 0 aliphatic rings. The third kappa shape index (κ3) is 3.41. The Morgan fingerprint density at radius 1 is 1.58 bits per heavy atom. The van der Waals surface area contributed by atoms with Crippen molar-refractivity contribution in [2.24, 2.45) is 7.05 Å². The van der Waals surface area contributed by atoms with E-state index in [4.69, 9.17) is 4.74 Å². The van der Waals surface area contributed by atoms with E-state index in [-0.39, 0.29) is 23.7 Å². The van der Waals surface area contributed by atoms with Gasteiger partial charge < -0.3 is 9.30 Å². The molecule has 6 nitrogen and oxygen atoms in total. The van der Waals surface area contributed by atoms with Crippen LogP contribution in [0.2, 0.25) is 0 Å². The first kappa shape index (κ1) is 13.3. The molecule has 100 valence electrons. The molecule has 0 spiro atoms. The first-order valence-electron chi connectivity index (χ1n) is 5.55. The second-order valence-corrected chi connectivity index (χ2v) is 4.82. The number of ether oxygens (including phenoxy) is 1. The van der Waals surface area contributed by atoms with Crippen LogP contribution in [0.3, 0.4) is 0 Å². The first-order chi connectivity index (χ1) is 9.06. The van der Waals surface area contributed by atoms with Gasteiger partial charge in [-0.1, -0.05) is 0 Å². The van der Waals surface area contributed by atoms with Crippen LogP contribution in [-0.4, -0.2) is 22.1 Å². The molecule has 2 rings (SSSR count). The molecule has 0 bridgehead atoms. The fourth-order valence-corrected chi connectivity index (χ4v) is 1.94. The molecule has 0 fully saturated rings. The molecule has 0 aliphatic heterocycles. The summed E-state index contributed by atoms with van der Waals surface area (Å²) >= 11 is 1.32. The summed E-state index contributed by atoms with van der Waals surface area (Å²) in [4.78, 5) is 27.1. The molecule has 7 heteroatoms. The van der Waals surface area contributed by atoms with E-state index >= 15 is 0 Å². The Hall–Kier alpha value is -2.15. The molecule has 0 aromatic carbocycles. The highest BCUT2D eigenvalue weighted by molar-refractivity contribution is 7.13. The number of thiazole rings is 1. The van der Waals surface area contributed by atoms with Crippen LogP contribution >= 0.6 is 11.3 Å². The van der Waals surface area contributed by atoms with E-state index in [0.29, 0.717) is 5.13 Å². The van der Waals surface area contributed by atoms with Crippen LogP contribution < -0.4 is 15.5 Å². The van der Waals surface area contributed by atoms with Gasteiger partial charge in [0.15, 0.2) is 17.5 Å². The SMILES string of the molecule is Cc1cc(=O)c(OCC(=O)Nc2nccs2)cn1C. The van der Waals surface area contributed by atoms with Gasteiger partial charge in [-0.05, 0) is 6.92 Å². The Bertz CT molecular complexity index is 634. The van der Waals surface area contributed by atoms with Gasteiger partial charge in [0, 0.05) is 36.6 Å². The topological polar surface area (TPSA) is 73.2 Å². The van der Waals surface area contributed by atoms with Crippen molar-refractivity contribution in [3.05, 3.63) is 39.8 Å². The summed E-state index contributed by atoms with van der Waals surface area (Å²) in [5.41, 5.74) is 0.585. The molecular weight excluding hydrogens is 266 g/mol. The molecule has 0 radical (unpaired) electrons. The molecule has 1 N–H and O–H groups in total. The van der Waals surface area contributed by atoms with Crippen LogP contribution in [0.1, 0.15) is 5.69 Å². The maximum absolute atomic E-state index is 11.6. The van der Waals surface area contributed by atoms with Gasteiger partial charge in [-0.3, -0.25) is 14.9 Å². The lowest BCUT2D eigenvalue weighted by atomic mass is 10.3. The largest absolute Gasteiger partial charge is 0.478 e. The van der Waals surface area contributed by atoms with Crippen molar-refractivity contribution in [2.75, 3.05) is 11.9 Å². The third-order valence-electron chi connectivity index (χ3n) is 2.49. The Labute approximate surface area is 113 Å². The summed E-state index contributed by atoms with van der Waals surface area (Å²) in [6, 6.07) is 1.47. The second kappa shape index (κ2) is 5.66. The van der Waals surface area contributed by atoms with Crippen molar-refractivity contribution in [3.63, 3.8) is 0 Å². The minimum absolute atomic E-state index is 0.155. The van der Waals surface area contributed by atoms with Crippen LogP contribution in [0.4, 0.5) is 5.13 Å². The number of nitrogens with one attached hydrogen (secondary N) is 1. The van der Waals surface area contributed by atoms with Gasteiger partial charge in [-0.2, -0.15) is 0 Å². The van der Waals surface area contributed by atoms with Crippen LogP contribution in [0, 0.1) is 6.92 Å². The average Bonchev–Trinajstić information content (AvgIpc) is 2.85. The highest BCUT2D eigenvalue weighted by Gasteiger charge is 2.08. The van der Waals surface area contributed by atoms with E-state index in [9.17, 15) is 9.59 Å². The lowest BCUT2D eigenvalue weighted by Gasteiger charge is -2.08. The van der Waals surface area contributed by atoms with Gasteiger partial charge in [-0.25, -0.2) is 4.98 Å². The van der Waals surface area contributed by atoms with Crippen molar-refractivity contribution >= 4 is 22.4 Å². The maximum Gasteiger partial charge on any atom is 0.264 e. The number of aromatic nitrogens is 2. The lowest BCUT2D eigenvalue weighted by molar-refractivity contribution is -0.118. The van der Waals surface area contributed by atoms with Crippen molar-refractivity contribution in [2.45, 2.75) is 6.92 Å². The molecule has 2 heterocycles. The van der Waals surface area contributed by atoms with Crippen molar-refractivity contribution < 1.29 is 9.53 Å². The number of amides is 1. The van der Waals surface area contributed by atoms with Crippen LogP contribution in [0.15, 0.2) is 28.6 Å². The van der Waals surface area contributed by atoms with Crippen molar-refractivity contribution in [1.29, 1.82) is 0 Å². The second-order valence-electron chi connectivity index (χ2n) is 3.93. The number of anilines is 1. The van der Waals surface area contributed by atoms with Crippen LogP contribution in [0.25, 0.3) is 0 Å². The third-order valence-corrected chi connectivity index (χ3v) is 3.18. The van der Waals surface area contributed by atoms with Gasteiger partial charge in [-0.15, -0.1) is 11.3 Å². The van der Waals surface area contributed by atoms with Gasteiger partial charge in [0.1, 0.15) is 0 Å². The van der Waals surface area contributed by atoms with Gasteiger partial charge >= 0.3 is 0 Å². The Kier molecular flexibility index (Phi) is 3.96. The predicted molar refractivity (Wildman–Crippen MR) is 72.7 cm³/mol. The summed E-state index contributed by atoms with van der Waals surface area (Å²) < 4.78 is 6.97. The number of rotatable bonds is 4. The number of pyridine rings is 1. The Morgan fingerprint density at radius 3 is 3.05 bits per heavy atom. The van der Waals surface area contributed by atoms with E-state index < -0.39 is 0 Å². The molecule has 0 saturated carbocycles. The summed E-state index contributed by atoms with van der Waals surface area (Å²) in [7, 11) is 1.80. The van der Waals surface area contributed by atoms with E-state index in [1.807, 2.05) is 6.92 Å². The summed E-state index contributed by atoms with van der Waals surface area (Å²) in [5, 5.41) is 4.83. The molecule has 0 aliphatic carbocycles. The van der Waals surface area contributed by atoms with Crippen molar-refractivity contribution in [1.82, 2.24) is 9.55 Å². The van der Waals surface area contributed by atoms with Gasteiger partial charge in [0.05, 0.1) is 0 Å². The number of hydrogen-bond donors (Lipinski definition) is 1. The number of nitrogens with zero attached hydrogens (tertiary/aromatic N) is 2. The lowest BCUT2D eigenvalue weighted by Crippen LogP contribution is -2.22. The van der Waals surface area contributed by atoms with Gasteiger partial charge in [0.2, 0.25) is 5.43 Å². The predicted octanol–water partition coefficient (Wildman–Crippen LogP) is 1.17. The smallest absolute Gasteiger partial charge is 0.264 e. The zero-order valence-corrected chi connectivity index (χ0v) is 11.4. The van der Waals surface area contributed by atoms with E-state index in [2.05, 4.69) is 10.3 Å². The van der Waals surface area contributed by atoms with Crippen LogP contribution in [-0.2, 0) is 11.8 Å². The van der Waals surface area contributed by atoms with Crippen molar-refractivity contribution in [3.8, 4) is 5.75 Å². The minimum Gasteiger partial charge on any atom is -0.478 e. The Balaban J connectivity index is 1.97. The molecule has 2 aromatic rings. The molecular formula is C12H13N3O3S. The summed E-state index contributed by atoms with van der Waals surface area (Å²) in [6.45, 7) is 1.60. The molecule has 0 atom stereocenters. The quantitative estimate of drug-likeness (QED) is 0.911. The molecule has 0 unspecified atom stereocenters. The minimum atomic E-state index is -0.349. The fraction of sp³-hybridized carbons (Fsp3) is 0.250. The first-order valence-corrected chi connectivity index (χ1v) is 6.43. The normalized spacial score (nSPS) is 10.2. The summed E-state index contributed by atoms with van der Waals surface area (Å²) in [5.74, 6) is -0.194. The van der Waals surface area contributed by atoms with Gasteiger partial charge in [0.25, 0.3) is 5.91 Å². The van der Waals surface area contributed by atoms with E-state index in [0.717, 1.165) is 5.69 Å².